The molecule has 4 heteroatoms. The van der Waals surface area contributed by atoms with Gasteiger partial charge in [-0.15, -0.1) is 0 Å². The second kappa shape index (κ2) is 4.46. The molecule has 0 aliphatic rings. The normalized spacial score (nSPS) is 9.42. The lowest BCUT2D eigenvalue weighted by Gasteiger charge is -2.04. The summed E-state index contributed by atoms with van der Waals surface area (Å²) in [5, 5.41) is 8.46. The maximum absolute atomic E-state index is 10.4. The molecule has 0 spiro atoms. The first-order valence-corrected chi connectivity index (χ1v) is 3.51. The molecule has 0 bridgehead atoms. The predicted octanol–water partition coefficient (Wildman–Crippen LogP) is 0.265. The molecule has 0 atom stereocenters. The largest absolute Gasteiger partial charge is 0.490 e. The van der Waals surface area contributed by atoms with Crippen molar-refractivity contribution in [2.45, 2.75) is 0 Å². The van der Waals surface area contributed by atoms with Crippen LogP contribution >= 0.6 is 0 Å². The number of hydrogen-bond donors (Lipinski definition) is 1. The fraction of sp³-hybridized carbons (Fsp3) is 0.250. The number of aromatic nitrogens is 1. The second-order valence-electron chi connectivity index (χ2n) is 2.10. The van der Waals surface area contributed by atoms with Crippen molar-refractivity contribution in [3.8, 4) is 5.75 Å². The van der Waals surface area contributed by atoms with Crippen molar-refractivity contribution in [1.82, 2.24) is 4.98 Å². The Morgan fingerprint density at radius 3 is 3.17 bits per heavy atom. The highest BCUT2D eigenvalue weighted by atomic mass is 16.5. The first-order chi connectivity index (χ1) is 5.88. The van der Waals surface area contributed by atoms with Gasteiger partial charge in [0.15, 0.2) is 6.29 Å². The SMILES string of the molecule is O=Cc1cnccc1OCCO. The Hall–Kier alpha value is -1.42. The molecule has 0 unspecified atom stereocenters. The highest BCUT2D eigenvalue weighted by Gasteiger charge is 2.00. The molecule has 1 N–H and O–H groups in total. The molecule has 1 aromatic rings. The lowest BCUT2D eigenvalue weighted by atomic mass is 10.3. The molecule has 1 heterocycles. The highest BCUT2D eigenvalue weighted by Crippen LogP contribution is 2.13. The van der Waals surface area contributed by atoms with E-state index < -0.39 is 0 Å². The summed E-state index contributed by atoms with van der Waals surface area (Å²) < 4.78 is 5.06. The first-order valence-electron chi connectivity index (χ1n) is 3.51. The number of hydrogen-bond acceptors (Lipinski definition) is 4. The number of rotatable bonds is 4. The number of aldehydes is 1. The molecule has 0 fully saturated rings. The summed E-state index contributed by atoms with van der Waals surface area (Å²) in [6.45, 7) is 0.117. The predicted molar refractivity (Wildman–Crippen MR) is 42.2 cm³/mol. The Balaban J connectivity index is 2.75. The van der Waals surface area contributed by atoms with Crippen molar-refractivity contribution in [1.29, 1.82) is 0 Å². The Kier molecular flexibility index (Phi) is 3.22. The van der Waals surface area contributed by atoms with E-state index in [-0.39, 0.29) is 13.2 Å². The van der Waals surface area contributed by atoms with Gasteiger partial charge in [-0.2, -0.15) is 0 Å². The van der Waals surface area contributed by atoms with Crippen LogP contribution in [0, 0.1) is 0 Å². The molecule has 4 nitrogen and oxygen atoms in total. The molecule has 0 aliphatic heterocycles. The zero-order valence-electron chi connectivity index (χ0n) is 6.43. The minimum Gasteiger partial charge on any atom is -0.490 e. The van der Waals surface area contributed by atoms with Gasteiger partial charge in [0, 0.05) is 12.4 Å². The van der Waals surface area contributed by atoms with E-state index in [2.05, 4.69) is 4.98 Å². The summed E-state index contributed by atoms with van der Waals surface area (Å²) >= 11 is 0. The van der Waals surface area contributed by atoms with Gasteiger partial charge >= 0.3 is 0 Å². The summed E-state index contributed by atoms with van der Waals surface area (Å²) in [7, 11) is 0. The average molecular weight is 167 g/mol. The molecule has 0 saturated heterocycles. The van der Waals surface area contributed by atoms with E-state index in [0.29, 0.717) is 17.6 Å². The maximum atomic E-state index is 10.4. The minimum atomic E-state index is -0.0688. The van der Waals surface area contributed by atoms with E-state index in [9.17, 15) is 4.79 Å². The number of ether oxygens (including phenoxy) is 1. The van der Waals surface area contributed by atoms with Crippen LogP contribution in [-0.4, -0.2) is 29.6 Å². The van der Waals surface area contributed by atoms with Crippen LogP contribution < -0.4 is 4.74 Å². The molecule has 1 rings (SSSR count). The summed E-state index contributed by atoms with van der Waals surface area (Å²) in [6, 6.07) is 1.58. The Bertz CT molecular complexity index is 262. The Morgan fingerprint density at radius 1 is 1.67 bits per heavy atom. The van der Waals surface area contributed by atoms with Gasteiger partial charge in [0.2, 0.25) is 0 Å². The van der Waals surface area contributed by atoms with Crippen molar-refractivity contribution < 1.29 is 14.6 Å². The maximum Gasteiger partial charge on any atom is 0.155 e. The number of nitrogens with zero attached hydrogens (tertiary/aromatic N) is 1. The van der Waals surface area contributed by atoms with Crippen molar-refractivity contribution >= 4 is 6.29 Å². The van der Waals surface area contributed by atoms with Gasteiger partial charge in [0.25, 0.3) is 0 Å². The Labute approximate surface area is 69.8 Å². The van der Waals surface area contributed by atoms with Gasteiger partial charge in [-0.1, -0.05) is 0 Å². The monoisotopic (exact) mass is 167 g/mol. The van der Waals surface area contributed by atoms with Crippen molar-refractivity contribution in [3.63, 3.8) is 0 Å². The third kappa shape index (κ3) is 2.03. The second-order valence-corrected chi connectivity index (χ2v) is 2.10. The molecular formula is C8H9NO3. The van der Waals surface area contributed by atoms with Gasteiger partial charge in [0.1, 0.15) is 12.4 Å². The standard InChI is InChI=1S/C8H9NO3/c10-3-4-12-8-1-2-9-5-7(8)6-11/h1-2,5-6,10H,3-4H2. The smallest absolute Gasteiger partial charge is 0.155 e. The van der Waals surface area contributed by atoms with Crippen LogP contribution in [0.3, 0.4) is 0 Å². The van der Waals surface area contributed by atoms with Crippen molar-refractivity contribution in [2.75, 3.05) is 13.2 Å². The third-order valence-corrected chi connectivity index (χ3v) is 1.29. The third-order valence-electron chi connectivity index (χ3n) is 1.29. The molecular weight excluding hydrogens is 158 g/mol. The minimum absolute atomic E-state index is 0.0688. The van der Waals surface area contributed by atoms with E-state index in [0.717, 1.165) is 0 Å². The first kappa shape index (κ1) is 8.67. The quantitative estimate of drug-likeness (QED) is 0.654. The molecule has 0 aliphatic carbocycles. The fourth-order valence-corrected chi connectivity index (χ4v) is 0.769. The summed E-state index contributed by atoms with van der Waals surface area (Å²) in [5.74, 6) is 0.453. The average Bonchev–Trinajstić information content (AvgIpc) is 2.15. The lowest BCUT2D eigenvalue weighted by Crippen LogP contribution is -2.03. The van der Waals surface area contributed by atoms with Crippen LogP contribution in [0.25, 0.3) is 0 Å². The molecule has 12 heavy (non-hydrogen) atoms. The van der Waals surface area contributed by atoms with Gasteiger partial charge < -0.3 is 9.84 Å². The van der Waals surface area contributed by atoms with E-state index in [4.69, 9.17) is 9.84 Å². The van der Waals surface area contributed by atoms with Crippen LogP contribution in [-0.2, 0) is 0 Å². The van der Waals surface area contributed by atoms with Gasteiger partial charge in [-0.3, -0.25) is 9.78 Å². The number of aliphatic hydroxyl groups excluding tert-OH is 1. The number of aliphatic hydroxyl groups is 1. The van der Waals surface area contributed by atoms with Gasteiger partial charge in [-0.05, 0) is 6.07 Å². The van der Waals surface area contributed by atoms with Crippen LogP contribution in [0.1, 0.15) is 10.4 Å². The van der Waals surface area contributed by atoms with Crippen molar-refractivity contribution in [3.05, 3.63) is 24.0 Å². The van der Waals surface area contributed by atoms with Crippen LogP contribution in [0.5, 0.6) is 5.75 Å². The number of pyridine rings is 1. The van der Waals surface area contributed by atoms with E-state index in [1.54, 1.807) is 6.07 Å². The van der Waals surface area contributed by atoms with Gasteiger partial charge in [0.05, 0.1) is 12.2 Å². The van der Waals surface area contributed by atoms with Gasteiger partial charge in [-0.25, -0.2) is 0 Å². The number of carbonyl (C=O) groups is 1. The topological polar surface area (TPSA) is 59.4 Å². The fourth-order valence-electron chi connectivity index (χ4n) is 0.769. The van der Waals surface area contributed by atoms with E-state index in [1.165, 1.54) is 12.4 Å². The molecule has 0 radical (unpaired) electrons. The summed E-state index contributed by atoms with van der Waals surface area (Å²) in [5.41, 5.74) is 0.394. The zero-order chi connectivity index (χ0) is 8.81. The van der Waals surface area contributed by atoms with Crippen LogP contribution in [0.2, 0.25) is 0 Å². The molecule has 1 aromatic heterocycles. The molecule has 0 aromatic carbocycles. The van der Waals surface area contributed by atoms with E-state index in [1.807, 2.05) is 0 Å². The van der Waals surface area contributed by atoms with Crippen LogP contribution in [0.15, 0.2) is 18.5 Å². The molecule has 0 amide bonds. The highest BCUT2D eigenvalue weighted by molar-refractivity contribution is 5.78. The lowest BCUT2D eigenvalue weighted by molar-refractivity contribution is 0.111. The summed E-state index contributed by atoms with van der Waals surface area (Å²) in [4.78, 5) is 14.2. The number of carbonyl (C=O) groups excluding carboxylic acids is 1. The Morgan fingerprint density at radius 2 is 2.50 bits per heavy atom. The summed E-state index contributed by atoms with van der Waals surface area (Å²) in [6.07, 6.45) is 3.61. The zero-order valence-corrected chi connectivity index (χ0v) is 6.43. The molecule has 0 saturated carbocycles. The van der Waals surface area contributed by atoms with Crippen molar-refractivity contribution in [2.24, 2.45) is 0 Å². The molecule has 64 valence electrons. The van der Waals surface area contributed by atoms with Crippen LogP contribution in [0.4, 0.5) is 0 Å². The van der Waals surface area contributed by atoms with E-state index >= 15 is 0 Å².